The van der Waals surface area contributed by atoms with Crippen molar-refractivity contribution in [2.45, 2.75) is 25.8 Å². The van der Waals surface area contributed by atoms with Gasteiger partial charge in [-0.1, -0.05) is 34.1 Å². The number of hydrogen-bond donors (Lipinski definition) is 0. The molecular weight excluding hydrogens is 478 g/mol. The van der Waals surface area contributed by atoms with Crippen LogP contribution in [0.2, 0.25) is 0 Å². The molecule has 3 amide bonds. The molecule has 4 atom stereocenters. The van der Waals surface area contributed by atoms with Crippen molar-refractivity contribution in [3.8, 4) is 0 Å². The fourth-order valence-corrected chi connectivity index (χ4v) is 5.79. The van der Waals surface area contributed by atoms with Gasteiger partial charge >= 0.3 is 0 Å². The molecule has 0 aromatic heterocycles. The Morgan fingerprint density at radius 1 is 1.06 bits per heavy atom. The van der Waals surface area contributed by atoms with Crippen LogP contribution >= 0.6 is 15.9 Å². The number of nitro benzene ring substituents is 1. The number of amides is 3. The maximum atomic E-state index is 13.5. The molecule has 1 aliphatic heterocycles. The Labute approximate surface area is 192 Å². The van der Waals surface area contributed by atoms with E-state index in [2.05, 4.69) is 15.9 Å². The van der Waals surface area contributed by atoms with Crippen molar-refractivity contribution in [2.24, 2.45) is 23.7 Å². The van der Waals surface area contributed by atoms with Gasteiger partial charge in [-0.05, 0) is 54.9 Å². The molecule has 3 fully saturated rings. The van der Waals surface area contributed by atoms with Crippen molar-refractivity contribution in [1.82, 2.24) is 10.0 Å². The lowest BCUT2D eigenvalue weighted by molar-refractivity contribution is -0.384. The zero-order valence-corrected chi connectivity index (χ0v) is 18.6. The van der Waals surface area contributed by atoms with Crippen LogP contribution in [0.25, 0.3) is 0 Å². The number of non-ortho nitro benzene ring substituents is 1. The molecule has 2 aromatic rings. The molecule has 3 aliphatic rings. The van der Waals surface area contributed by atoms with Gasteiger partial charge in [-0.2, -0.15) is 5.01 Å². The van der Waals surface area contributed by atoms with Crippen molar-refractivity contribution in [3.05, 3.63) is 74.2 Å². The van der Waals surface area contributed by atoms with Crippen LogP contribution in [0, 0.1) is 33.8 Å². The average molecular weight is 498 g/mol. The third-order valence-corrected chi connectivity index (χ3v) is 7.46. The maximum Gasteiger partial charge on any atom is 0.273 e. The summed E-state index contributed by atoms with van der Waals surface area (Å²) in [5.74, 6) is -1.64. The summed E-state index contributed by atoms with van der Waals surface area (Å²) >= 11 is 3.37. The summed E-state index contributed by atoms with van der Waals surface area (Å²) in [4.78, 5) is 50.9. The van der Waals surface area contributed by atoms with Crippen molar-refractivity contribution >= 4 is 39.3 Å². The van der Waals surface area contributed by atoms with Crippen LogP contribution in [0.1, 0.15) is 35.2 Å². The normalized spacial score (nSPS) is 25.8. The van der Waals surface area contributed by atoms with E-state index in [4.69, 9.17) is 0 Å². The third-order valence-electron chi connectivity index (χ3n) is 6.93. The number of hydrogen-bond acceptors (Lipinski definition) is 5. The topological polar surface area (TPSA) is 101 Å². The summed E-state index contributed by atoms with van der Waals surface area (Å²) in [5.41, 5.74) is 0.554. The molecule has 1 saturated heterocycles. The number of rotatable bonds is 5. The molecule has 1 heterocycles. The smallest absolute Gasteiger partial charge is 0.272 e. The zero-order chi connectivity index (χ0) is 22.6. The summed E-state index contributed by atoms with van der Waals surface area (Å²) in [6.45, 7) is 0.00105. The second-order valence-corrected chi connectivity index (χ2v) is 9.59. The number of hydrazine groups is 1. The molecule has 9 heteroatoms. The molecule has 2 aliphatic carbocycles. The summed E-state index contributed by atoms with van der Waals surface area (Å²) in [5, 5.41) is 13.4. The lowest BCUT2D eigenvalue weighted by Crippen LogP contribution is -2.50. The Bertz CT molecular complexity index is 1110. The first-order valence-electron chi connectivity index (χ1n) is 10.5. The van der Waals surface area contributed by atoms with Crippen LogP contribution in [0.5, 0.6) is 0 Å². The van der Waals surface area contributed by atoms with Crippen molar-refractivity contribution < 1.29 is 19.3 Å². The summed E-state index contributed by atoms with van der Waals surface area (Å²) < 4.78 is 0.859. The predicted molar refractivity (Wildman–Crippen MR) is 117 cm³/mol. The van der Waals surface area contributed by atoms with E-state index in [9.17, 15) is 24.5 Å². The summed E-state index contributed by atoms with van der Waals surface area (Å²) in [6, 6.07) is 12.6. The summed E-state index contributed by atoms with van der Waals surface area (Å²) in [7, 11) is 0. The first kappa shape index (κ1) is 20.8. The number of halogens is 1. The van der Waals surface area contributed by atoms with Gasteiger partial charge in [0.1, 0.15) is 0 Å². The Balaban J connectivity index is 1.53. The summed E-state index contributed by atoms with van der Waals surface area (Å²) in [6.07, 6.45) is 2.76. The van der Waals surface area contributed by atoms with Crippen LogP contribution in [0.3, 0.4) is 0 Å². The quantitative estimate of drug-likeness (QED) is 0.353. The minimum atomic E-state index is -0.620. The van der Waals surface area contributed by atoms with E-state index < -0.39 is 10.8 Å². The first-order valence-corrected chi connectivity index (χ1v) is 11.3. The zero-order valence-electron chi connectivity index (χ0n) is 17.0. The van der Waals surface area contributed by atoms with E-state index in [0.29, 0.717) is 0 Å². The molecule has 0 N–H and O–H groups in total. The van der Waals surface area contributed by atoms with Crippen LogP contribution in [0.4, 0.5) is 5.69 Å². The number of imide groups is 1. The van der Waals surface area contributed by atoms with E-state index in [-0.39, 0.29) is 53.3 Å². The molecule has 2 bridgehead atoms. The number of carbonyl (C=O) groups is 3. The van der Waals surface area contributed by atoms with Crippen LogP contribution in [0.15, 0.2) is 53.0 Å². The van der Waals surface area contributed by atoms with Gasteiger partial charge < -0.3 is 0 Å². The average Bonchev–Trinajstić information content (AvgIpc) is 3.47. The fourth-order valence-electron chi connectivity index (χ4n) is 5.53. The van der Waals surface area contributed by atoms with Crippen molar-refractivity contribution in [1.29, 1.82) is 0 Å². The molecule has 0 spiro atoms. The molecule has 2 aromatic carbocycles. The molecule has 2 saturated carbocycles. The van der Waals surface area contributed by atoms with E-state index in [0.717, 1.165) is 39.3 Å². The van der Waals surface area contributed by atoms with E-state index in [1.807, 2.05) is 12.1 Å². The molecule has 0 radical (unpaired) electrons. The highest BCUT2D eigenvalue weighted by Crippen LogP contribution is 2.56. The first-order chi connectivity index (χ1) is 15.3. The Morgan fingerprint density at radius 3 is 2.28 bits per heavy atom. The highest BCUT2D eigenvalue weighted by atomic mass is 79.9. The Hall–Kier alpha value is -3.07. The van der Waals surface area contributed by atoms with Gasteiger partial charge in [-0.25, -0.2) is 5.01 Å². The van der Waals surface area contributed by atoms with Gasteiger partial charge in [0.25, 0.3) is 23.4 Å². The van der Waals surface area contributed by atoms with E-state index in [1.54, 1.807) is 12.1 Å². The lowest BCUT2D eigenvalue weighted by Gasteiger charge is -2.31. The van der Waals surface area contributed by atoms with Crippen LogP contribution < -0.4 is 0 Å². The van der Waals surface area contributed by atoms with Gasteiger partial charge in [-0.3, -0.25) is 24.5 Å². The van der Waals surface area contributed by atoms with Crippen molar-refractivity contribution in [2.75, 3.05) is 0 Å². The number of nitro groups is 1. The largest absolute Gasteiger partial charge is 0.273 e. The lowest BCUT2D eigenvalue weighted by atomic mass is 9.81. The fraction of sp³-hybridized carbons (Fsp3) is 0.348. The molecule has 5 rings (SSSR count). The van der Waals surface area contributed by atoms with E-state index >= 15 is 0 Å². The van der Waals surface area contributed by atoms with E-state index in [1.165, 1.54) is 24.3 Å². The molecule has 164 valence electrons. The number of benzene rings is 2. The Morgan fingerprint density at radius 2 is 1.69 bits per heavy atom. The van der Waals surface area contributed by atoms with Crippen LogP contribution in [-0.4, -0.2) is 32.7 Å². The second kappa shape index (κ2) is 7.81. The van der Waals surface area contributed by atoms with Crippen LogP contribution in [-0.2, 0) is 16.1 Å². The third kappa shape index (κ3) is 3.31. The highest BCUT2D eigenvalue weighted by Gasteiger charge is 2.62. The number of nitrogens with zero attached hydrogens (tertiary/aromatic N) is 3. The SMILES string of the molecule is O=C(c1cccc([N+](=O)[O-])c1)N(Cc1ccc(Br)cc1)N1C(=O)[C@@H]2[C@H]3CC[C@@H](C3)[C@@H]2C1=O. The minimum Gasteiger partial charge on any atom is -0.272 e. The van der Waals surface area contributed by atoms with Crippen molar-refractivity contribution in [3.63, 3.8) is 0 Å². The number of carbonyl (C=O) groups excluding carboxylic acids is 3. The molecular formula is C23H20BrN3O5. The standard InChI is InChI=1S/C23H20BrN3O5/c24-17-8-4-13(5-9-17)12-25(21(28)16-2-1-3-18(11-16)27(31)32)26-22(29)19-14-6-7-15(10-14)20(19)23(26)30/h1-5,8-9,11,14-15,19-20H,6-7,10,12H2/t14-,15-,19-,20+/m0/s1. The monoisotopic (exact) mass is 497 g/mol. The highest BCUT2D eigenvalue weighted by molar-refractivity contribution is 9.10. The van der Waals surface area contributed by atoms with Gasteiger partial charge in [-0.15, -0.1) is 0 Å². The molecule has 0 unspecified atom stereocenters. The van der Waals surface area contributed by atoms with Gasteiger partial charge in [0, 0.05) is 22.2 Å². The van der Waals surface area contributed by atoms with Gasteiger partial charge in [0.15, 0.2) is 0 Å². The van der Waals surface area contributed by atoms with Gasteiger partial charge in [0.2, 0.25) is 0 Å². The second-order valence-electron chi connectivity index (χ2n) is 8.67. The molecule has 8 nitrogen and oxygen atoms in total. The maximum absolute atomic E-state index is 13.5. The minimum absolute atomic E-state index is 0.00105. The molecule has 32 heavy (non-hydrogen) atoms. The number of fused-ring (bicyclic) bond motifs is 5. The Kier molecular flexibility index (Phi) is 5.08. The van der Waals surface area contributed by atoms with Gasteiger partial charge in [0.05, 0.1) is 23.3 Å². The predicted octanol–water partition coefficient (Wildman–Crippen LogP) is 3.95.